The van der Waals surface area contributed by atoms with Crippen molar-refractivity contribution < 1.29 is 8.78 Å². The SMILES string of the molecule is [CH2]NCc1ccc(F)cc1F. The molecule has 0 fully saturated rings. The quantitative estimate of drug-likeness (QED) is 0.689. The standard InChI is InChI=1S/C8H8F2N/c1-11-5-6-2-3-7(9)4-8(6)10/h2-4,11H,1,5H2. The fourth-order valence-electron chi connectivity index (χ4n) is 0.800. The first-order valence-corrected chi connectivity index (χ1v) is 3.18. The zero-order chi connectivity index (χ0) is 8.27. The normalized spacial score (nSPS) is 10.1. The molecule has 59 valence electrons. The average Bonchev–Trinajstić information content (AvgIpc) is 1.95. The van der Waals surface area contributed by atoms with E-state index in [-0.39, 0.29) is 0 Å². The largest absolute Gasteiger partial charge is 0.311 e. The Morgan fingerprint density at radius 1 is 1.36 bits per heavy atom. The molecule has 0 aliphatic carbocycles. The number of nitrogens with one attached hydrogen (secondary N) is 1. The van der Waals surface area contributed by atoms with Crippen molar-refractivity contribution in [2.45, 2.75) is 6.54 Å². The van der Waals surface area contributed by atoms with E-state index in [1.165, 1.54) is 12.1 Å². The average molecular weight is 156 g/mol. The van der Waals surface area contributed by atoms with Crippen LogP contribution in [0, 0.1) is 18.7 Å². The van der Waals surface area contributed by atoms with E-state index in [9.17, 15) is 8.78 Å². The van der Waals surface area contributed by atoms with E-state index in [1.54, 1.807) is 0 Å². The molecule has 0 atom stereocenters. The van der Waals surface area contributed by atoms with Crippen molar-refractivity contribution in [3.8, 4) is 0 Å². The molecule has 0 aliphatic heterocycles. The summed E-state index contributed by atoms with van der Waals surface area (Å²) in [6.07, 6.45) is 0. The molecule has 0 aromatic heterocycles. The summed E-state index contributed by atoms with van der Waals surface area (Å²) in [7, 11) is 3.33. The topological polar surface area (TPSA) is 12.0 Å². The third-order valence-electron chi connectivity index (χ3n) is 1.33. The smallest absolute Gasteiger partial charge is 0.130 e. The van der Waals surface area contributed by atoms with Crippen LogP contribution in [0.2, 0.25) is 0 Å². The van der Waals surface area contributed by atoms with Crippen LogP contribution >= 0.6 is 0 Å². The molecular formula is C8H8F2N. The van der Waals surface area contributed by atoms with Crippen LogP contribution in [0.1, 0.15) is 5.56 Å². The van der Waals surface area contributed by atoms with Gasteiger partial charge in [0.05, 0.1) is 0 Å². The van der Waals surface area contributed by atoms with Crippen LogP contribution in [0.5, 0.6) is 0 Å². The molecule has 3 heteroatoms. The van der Waals surface area contributed by atoms with Crippen molar-refractivity contribution in [2.75, 3.05) is 0 Å². The minimum absolute atomic E-state index is 0.312. The van der Waals surface area contributed by atoms with Gasteiger partial charge in [0.15, 0.2) is 0 Å². The van der Waals surface area contributed by atoms with Crippen molar-refractivity contribution in [1.29, 1.82) is 0 Å². The second-order valence-electron chi connectivity index (χ2n) is 2.16. The predicted molar refractivity (Wildman–Crippen MR) is 38.6 cm³/mol. The number of rotatable bonds is 2. The number of hydrogen-bond donors (Lipinski definition) is 1. The van der Waals surface area contributed by atoms with Gasteiger partial charge in [-0.1, -0.05) is 6.07 Å². The van der Waals surface area contributed by atoms with Crippen LogP contribution in [-0.2, 0) is 6.54 Å². The third kappa shape index (κ3) is 1.98. The fourth-order valence-corrected chi connectivity index (χ4v) is 0.800. The van der Waals surface area contributed by atoms with E-state index in [0.717, 1.165) is 6.07 Å². The van der Waals surface area contributed by atoms with Gasteiger partial charge in [-0.3, -0.25) is 0 Å². The van der Waals surface area contributed by atoms with E-state index in [1.807, 2.05) is 0 Å². The summed E-state index contributed by atoms with van der Waals surface area (Å²) >= 11 is 0. The summed E-state index contributed by atoms with van der Waals surface area (Å²) in [5.41, 5.74) is 0.418. The molecule has 0 heterocycles. The van der Waals surface area contributed by atoms with Crippen molar-refractivity contribution in [3.05, 3.63) is 42.4 Å². The first-order valence-electron chi connectivity index (χ1n) is 3.18. The Labute approximate surface area is 64.0 Å². The number of benzene rings is 1. The lowest BCUT2D eigenvalue weighted by molar-refractivity contribution is 0.568. The molecule has 1 N–H and O–H groups in total. The summed E-state index contributed by atoms with van der Waals surface area (Å²) in [6, 6.07) is 3.46. The third-order valence-corrected chi connectivity index (χ3v) is 1.33. The molecule has 0 saturated heterocycles. The van der Waals surface area contributed by atoms with Crippen LogP contribution in [0.25, 0.3) is 0 Å². The first kappa shape index (κ1) is 8.14. The van der Waals surface area contributed by atoms with Gasteiger partial charge < -0.3 is 5.32 Å². The maximum atomic E-state index is 12.7. The molecule has 0 aliphatic rings. The molecule has 1 rings (SSSR count). The molecule has 0 amide bonds. The lowest BCUT2D eigenvalue weighted by Crippen LogP contribution is -2.04. The summed E-state index contributed by atoms with van der Waals surface area (Å²) in [5, 5.41) is 2.53. The zero-order valence-corrected chi connectivity index (χ0v) is 5.90. The Morgan fingerprint density at radius 2 is 2.09 bits per heavy atom. The highest BCUT2D eigenvalue weighted by atomic mass is 19.1. The monoisotopic (exact) mass is 156 g/mol. The van der Waals surface area contributed by atoms with Gasteiger partial charge >= 0.3 is 0 Å². The van der Waals surface area contributed by atoms with Crippen LogP contribution in [-0.4, -0.2) is 0 Å². The Balaban J connectivity index is 2.90. The predicted octanol–water partition coefficient (Wildman–Crippen LogP) is 1.85. The van der Waals surface area contributed by atoms with E-state index < -0.39 is 11.6 Å². The molecule has 0 bridgehead atoms. The lowest BCUT2D eigenvalue weighted by atomic mass is 10.2. The second kappa shape index (κ2) is 3.44. The summed E-state index contributed by atoms with van der Waals surface area (Å²) in [5.74, 6) is -1.10. The molecule has 0 saturated carbocycles. The van der Waals surface area contributed by atoms with Crippen LogP contribution < -0.4 is 5.32 Å². The van der Waals surface area contributed by atoms with Gasteiger partial charge in [0.2, 0.25) is 0 Å². The molecule has 1 nitrogen and oxygen atoms in total. The van der Waals surface area contributed by atoms with Crippen molar-refractivity contribution in [2.24, 2.45) is 0 Å². The highest BCUT2D eigenvalue weighted by Crippen LogP contribution is 2.08. The number of hydrogen-bond acceptors (Lipinski definition) is 1. The van der Waals surface area contributed by atoms with E-state index in [4.69, 9.17) is 0 Å². The highest BCUT2D eigenvalue weighted by molar-refractivity contribution is 5.18. The maximum Gasteiger partial charge on any atom is 0.130 e. The second-order valence-corrected chi connectivity index (χ2v) is 2.16. The van der Waals surface area contributed by atoms with Crippen LogP contribution in [0.4, 0.5) is 8.78 Å². The van der Waals surface area contributed by atoms with E-state index in [0.29, 0.717) is 12.1 Å². The van der Waals surface area contributed by atoms with Crippen molar-refractivity contribution >= 4 is 0 Å². The van der Waals surface area contributed by atoms with Gasteiger partial charge in [-0.05, 0) is 6.07 Å². The van der Waals surface area contributed by atoms with Gasteiger partial charge in [0.25, 0.3) is 0 Å². The lowest BCUT2D eigenvalue weighted by Gasteiger charge is -2.00. The summed E-state index contributed by atoms with van der Waals surface area (Å²) in [4.78, 5) is 0. The summed E-state index contributed by atoms with van der Waals surface area (Å²) in [6.45, 7) is 0.312. The Morgan fingerprint density at radius 3 is 2.64 bits per heavy atom. The Kier molecular flexibility index (Phi) is 2.54. The zero-order valence-electron chi connectivity index (χ0n) is 5.90. The molecule has 1 radical (unpaired) electrons. The molecule has 0 unspecified atom stereocenters. The van der Waals surface area contributed by atoms with Gasteiger partial charge in [0.1, 0.15) is 11.6 Å². The van der Waals surface area contributed by atoms with Crippen LogP contribution in [0.3, 0.4) is 0 Å². The van der Waals surface area contributed by atoms with Gasteiger partial charge in [-0.2, -0.15) is 0 Å². The first-order chi connectivity index (χ1) is 5.24. The van der Waals surface area contributed by atoms with E-state index >= 15 is 0 Å². The number of halogens is 2. The van der Waals surface area contributed by atoms with Gasteiger partial charge in [0, 0.05) is 25.2 Å². The van der Waals surface area contributed by atoms with Crippen LogP contribution in [0.15, 0.2) is 18.2 Å². The minimum atomic E-state index is -0.560. The summed E-state index contributed by atoms with van der Waals surface area (Å²) < 4.78 is 25.0. The molecule has 0 spiro atoms. The minimum Gasteiger partial charge on any atom is -0.311 e. The fraction of sp³-hybridized carbons (Fsp3) is 0.125. The van der Waals surface area contributed by atoms with Gasteiger partial charge in [-0.25, -0.2) is 8.78 Å². The Hall–Kier alpha value is -0.960. The van der Waals surface area contributed by atoms with Crippen molar-refractivity contribution in [1.82, 2.24) is 5.32 Å². The maximum absolute atomic E-state index is 12.7. The van der Waals surface area contributed by atoms with Crippen molar-refractivity contribution in [3.63, 3.8) is 0 Å². The van der Waals surface area contributed by atoms with E-state index in [2.05, 4.69) is 12.4 Å². The Bertz CT molecular complexity index is 248. The van der Waals surface area contributed by atoms with Gasteiger partial charge in [-0.15, -0.1) is 0 Å². The molecule has 1 aromatic rings. The molecular weight excluding hydrogens is 148 g/mol. The highest BCUT2D eigenvalue weighted by Gasteiger charge is 2.00. The molecule has 11 heavy (non-hydrogen) atoms. The molecule has 1 aromatic carbocycles.